The van der Waals surface area contributed by atoms with Gasteiger partial charge in [-0.25, -0.2) is 4.39 Å². The summed E-state index contributed by atoms with van der Waals surface area (Å²) in [4.78, 5) is 2.18. The summed E-state index contributed by atoms with van der Waals surface area (Å²) < 4.78 is 52.7. The molecule has 7 heteroatoms. The summed E-state index contributed by atoms with van der Waals surface area (Å²) in [6.45, 7) is 7.30. The summed E-state index contributed by atoms with van der Waals surface area (Å²) in [6, 6.07) is 2.76. The Balaban J connectivity index is 0.00000288. The molecule has 1 heterocycles. The molecule has 2 rings (SSSR count). The molecule has 1 aromatic rings. The third kappa shape index (κ3) is 5.07. The number of nitrogens with zero attached hydrogens (tertiary/aromatic N) is 1. The van der Waals surface area contributed by atoms with Crippen molar-refractivity contribution in [2.24, 2.45) is 5.92 Å². The van der Waals surface area contributed by atoms with Crippen molar-refractivity contribution < 1.29 is 17.6 Å². The van der Waals surface area contributed by atoms with E-state index in [1.807, 2.05) is 6.92 Å². The normalized spacial score (nSPS) is 18.8. The summed E-state index contributed by atoms with van der Waals surface area (Å²) in [5.74, 6) is -0.573. The van der Waals surface area contributed by atoms with Crippen molar-refractivity contribution in [1.82, 2.24) is 10.2 Å². The Labute approximate surface area is 147 Å². The quantitative estimate of drug-likeness (QED) is 0.761. The standard InChI is InChI=1S/C17H24F4N2.ClH/c1-3-4-12(2)16(23-9-7-22-8-10-23)14-6-5-13(11-15(14)18)17(19,20)21;/h5-6,11-12,16,22H,3-4,7-10H2,1-2H3;1H/t12?,16-;/m0./s1. The number of nitrogens with one attached hydrogen (secondary N) is 1. The number of hydrogen-bond acceptors (Lipinski definition) is 2. The number of piperazine rings is 1. The fraction of sp³-hybridized carbons (Fsp3) is 0.647. The molecule has 1 unspecified atom stereocenters. The zero-order chi connectivity index (χ0) is 17.0. The Hall–Kier alpha value is -0.850. The van der Waals surface area contributed by atoms with Gasteiger partial charge < -0.3 is 5.32 Å². The van der Waals surface area contributed by atoms with Gasteiger partial charge in [0.15, 0.2) is 0 Å². The topological polar surface area (TPSA) is 15.3 Å². The van der Waals surface area contributed by atoms with Crippen LogP contribution in [-0.4, -0.2) is 31.1 Å². The van der Waals surface area contributed by atoms with Gasteiger partial charge in [-0.3, -0.25) is 4.90 Å². The van der Waals surface area contributed by atoms with E-state index < -0.39 is 17.6 Å². The third-order valence-corrected chi connectivity index (χ3v) is 4.47. The second-order valence-corrected chi connectivity index (χ2v) is 6.23. The third-order valence-electron chi connectivity index (χ3n) is 4.47. The molecule has 0 saturated carbocycles. The van der Waals surface area contributed by atoms with Crippen LogP contribution in [0.15, 0.2) is 18.2 Å². The summed E-state index contributed by atoms with van der Waals surface area (Å²) in [5.41, 5.74) is -0.554. The molecule has 0 spiro atoms. The Morgan fingerprint density at radius 3 is 2.33 bits per heavy atom. The smallest absolute Gasteiger partial charge is 0.314 e. The lowest BCUT2D eigenvalue weighted by molar-refractivity contribution is -0.137. The largest absolute Gasteiger partial charge is 0.416 e. The second kappa shape index (κ2) is 9.02. The van der Waals surface area contributed by atoms with Crippen molar-refractivity contribution in [3.63, 3.8) is 0 Å². The fourth-order valence-electron chi connectivity index (χ4n) is 3.38. The van der Waals surface area contributed by atoms with E-state index in [2.05, 4.69) is 17.1 Å². The first-order valence-corrected chi connectivity index (χ1v) is 8.16. The van der Waals surface area contributed by atoms with Crippen LogP contribution < -0.4 is 5.32 Å². The van der Waals surface area contributed by atoms with Crippen molar-refractivity contribution in [3.8, 4) is 0 Å². The molecule has 0 bridgehead atoms. The van der Waals surface area contributed by atoms with Crippen LogP contribution in [0.5, 0.6) is 0 Å². The van der Waals surface area contributed by atoms with Gasteiger partial charge in [0.2, 0.25) is 0 Å². The van der Waals surface area contributed by atoms with E-state index in [9.17, 15) is 17.6 Å². The molecule has 24 heavy (non-hydrogen) atoms. The van der Waals surface area contributed by atoms with Gasteiger partial charge in [-0.05, 0) is 24.5 Å². The fourth-order valence-corrected chi connectivity index (χ4v) is 3.38. The number of halogens is 5. The van der Waals surface area contributed by atoms with Crippen molar-refractivity contribution >= 4 is 12.4 Å². The van der Waals surface area contributed by atoms with Crippen LogP contribution in [0.25, 0.3) is 0 Å². The molecule has 0 radical (unpaired) electrons. The minimum Gasteiger partial charge on any atom is -0.314 e. The lowest BCUT2D eigenvalue weighted by atomic mass is 9.88. The van der Waals surface area contributed by atoms with E-state index in [0.717, 1.165) is 45.1 Å². The molecule has 1 aromatic carbocycles. The molecule has 138 valence electrons. The highest BCUT2D eigenvalue weighted by Gasteiger charge is 2.34. The van der Waals surface area contributed by atoms with Crippen LogP contribution in [0.4, 0.5) is 17.6 Å². The van der Waals surface area contributed by atoms with Crippen molar-refractivity contribution in [2.75, 3.05) is 26.2 Å². The van der Waals surface area contributed by atoms with Crippen molar-refractivity contribution in [2.45, 2.75) is 38.9 Å². The van der Waals surface area contributed by atoms with E-state index in [1.165, 1.54) is 6.07 Å². The number of hydrogen-bond donors (Lipinski definition) is 1. The number of rotatable bonds is 5. The number of benzene rings is 1. The molecule has 1 aliphatic heterocycles. The lowest BCUT2D eigenvalue weighted by Crippen LogP contribution is -2.46. The first-order valence-electron chi connectivity index (χ1n) is 8.16. The Morgan fingerprint density at radius 2 is 1.83 bits per heavy atom. The minimum absolute atomic E-state index is 0. The second-order valence-electron chi connectivity index (χ2n) is 6.23. The summed E-state index contributed by atoms with van der Waals surface area (Å²) in [7, 11) is 0. The van der Waals surface area contributed by atoms with Gasteiger partial charge in [0, 0.05) is 37.8 Å². The Bertz CT molecular complexity index is 516. The van der Waals surface area contributed by atoms with E-state index in [0.29, 0.717) is 11.6 Å². The van der Waals surface area contributed by atoms with Crippen molar-refractivity contribution in [1.29, 1.82) is 0 Å². The Kier molecular flexibility index (Phi) is 7.96. The Morgan fingerprint density at radius 1 is 1.21 bits per heavy atom. The summed E-state index contributed by atoms with van der Waals surface area (Å²) >= 11 is 0. The van der Waals surface area contributed by atoms with Gasteiger partial charge >= 0.3 is 6.18 Å². The zero-order valence-corrected chi connectivity index (χ0v) is 14.8. The van der Waals surface area contributed by atoms with E-state index in [4.69, 9.17) is 0 Å². The number of alkyl halides is 3. The van der Waals surface area contributed by atoms with Gasteiger partial charge in [-0.2, -0.15) is 13.2 Å². The average molecular weight is 369 g/mol. The molecule has 2 atom stereocenters. The maximum Gasteiger partial charge on any atom is 0.416 e. The molecule has 0 aromatic heterocycles. The van der Waals surface area contributed by atoms with E-state index >= 15 is 0 Å². The predicted octanol–water partition coefficient (Wildman–Crippen LogP) is 4.65. The first-order chi connectivity index (χ1) is 10.8. The van der Waals surface area contributed by atoms with Crippen LogP contribution in [0.2, 0.25) is 0 Å². The summed E-state index contributed by atoms with van der Waals surface area (Å²) in [5, 5.41) is 3.25. The average Bonchev–Trinajstić information content (AvgIpc) is 2.49. The highest BCUT2D eigenvalue weighted by molar-refractivity contribution is 5.85. The molecule has 0 aliphatic carbocycles. The van der Waals surface area contributed by atoms with Gasteiger partial charge in [0.05, 0.1) is 5.56 Å². The van der Waals surface area contributed by atoms with Gasteiger partial charge in [-0.1, -0.05) is 26.3 Å². The van der Waals surface area contributed by atoms with E-state index in [1.54, 1.807) is 0 Å². The molecule has 0 amide bonds. The van der Waals surface area contributed by atoms with Crippen molar-refractivity contribution in [3.05, 3.63) is 35.1 Å². The van der Waals surface area contributed by atoms with Crippen LogP contribution in [-0.2, 0) is 6.18 Å². The van der Waals surface area contributed by atoms with Crippen LogP contribution in [0, 0.1) is 11.7 Å². The van der Waals surface area contributed by atoms with Gasteiger partial charge in [-0.15, -0.1) is 12.4 Å². The SMILES string of the molecule is CCCC(C)[C@@H](c1ccc(C(F)(F)F)cc1F)N1CCNCC1.Cl. The molecule has 1 aliphatic rings. The first kappa shape index (κ1) is 21.2. The molecule has 1 fully saturated rings. The summed E-state index contributed by atoms with van der Waals surface area (Å²) in [6.07, 6.45) is -2.64. The zero-order valence-electron chi connectivity index (χ0n) is 14.0. The molecule has 2 nitrogen and oxygen atoms in total. The lowest BCUT2D eigenvalue weighted by Gasteiger charge is -2.39. The van der Waals surface area contributed by atoms with Crippen LogP contribution >= 0.6 is 12.4 Å². The highest BCUT2D eigenvalue weighted by atomic mass is 35.5. The maximum atomic E-state index is 14.4. The predicted molar refractivity (Wildman–Crippen MR) is 89.9 cm³/mol. The van der Waals surface area contributed by atoms with E-state index in [-0.39, 0.29) is 24.4 Å². The van der Waals surface area contributed by atoms with Crippen LogP contribution in [0.3, 0.4) is 0 Å². The molecular weight excluding hydrogens is 344 g/mol. The highest BCUT2D eigenvalue weighted by Crippen LogP contribution is 2.36. The minimum atomic E-state index is -4.51. The molecular formula is C17H25ClF4N2. The molecule has 1 saturated heterocycles. The van der Waals surface area contributed by atoms with Gasteiger partial charge in [0.1, 0.15) is 5.82 Å². The molecule has 1 N–H and O–H groups in total. The van der Waals surface area contributed by atoms with Gasteiger partial charge in [0.25, 0.3) is 0 Å². The maximum absolute atomic E-state index is 14.4. The van der Waals surface area contributed by atoms with Crippen LogP contribution in [0.1, 0.15) is 43.9 Å². The monoisotopic (exact) mass is 368 g/mol.